The van der Waals surface area contributed by atoms with E-state index in [0.29, 0.717) is 11.1 Å². The van der Waals surface area contributed by atoms with E-state index in [0.717, 1.165) is 11.1 Å². The lowest BCUT2D eigenvalue weighted by atomic mass is 9.83. The smallest absolute Gasteiger partial charge is 0.221 e. The number of carbonyl (C=O) groups is 2. The van der Waals surface area contributed by atoms with E-state index in [4.69, 9.17) is 28.5 Å². The van der Waals surface area contributed by atoms with Crippen LogP contribution in [0.25, 0.3) is 5.57 Å². The molecule has 1 aliphatic rings. The maximum atomic E-state index is 12.9. The average molecular weight is 424 g/mol. The third-order valence-electron chi connectivity index (χ3n) is 4.83. The fourth-order valence-corrected chi connectivity index (χ4v) is 3.59. The normalized spacial score (nSPS) is 16.3. The number of amides is 1. The second kappa shape index (κ2) is 9.47. The molecule has 1 amide bonds. The van der Waals surface area contributed by atoms with Crippen LogP contribution in [0, 0.1) is 11.3 Å². The number of hydrogen-bond donors (Lipinski definition) is 4. The summed E-state index contributed by atoms with van der Waals surface area (Å²) in [6.07, 6.45) is -0.0656. The Labute approximate surface area is 179 Å². The van der Waals surface area contributed by atoms with Gasteiger partial charge in [-0.3, -0.25) is 15.0 Å². The highest BCUT2D eigenvalue weighted by Crippen LogP contribution is 2.35. The second-order valence-electron chi connectivity index (χ2n) is 6.84. The molecule has 1 heterocycles. The van der Waals surface area contributed by atoms with Gasteiger partial charge in [0.1, 0.15) is 11.0 Å². The van der Waals surface area contributed by atoms with Crippen LogP contribution < -0.4 is 16.8 Å². The highest BCUT2D eigenvalue weighted by Gasteiger charge is 2.34. The van der Waals surface area contributed by atoms with Crippen LogP contribution in [0.5, 0.6) is 0 Å². The Bertz CT molecular complexity index is 1030. The average Bonchev–Trinajstić information content (AvgIpc) is 2.75. The quantitative estimate of drug-likeness (QED) is 0.308. The number of aliphatic imine (C=N–C) groups is 1. The maximum absolute atomic E-state index is 12.9. The van der Waals surface area contributed by atoms with Crippen molar-refractivity contribution >= 4 is 40.4 Å². The van der Waals surface area contributed by atoms with E-state index in [1.807, 2.05) is 30.3 Å². The van der Waals surface area contributed by atoms with Gasteiger partial charge in [0.2, 0.25) is 5.91 Å². The van der Waals surface area contributed by atoms with Gasteiger partial charge >= 0.3 is 0 Å². The number of rotatable bonds is 7. The van der Waals surface area contributed by atoms with Gasteiger partial charge in [-0.1, -0.05) is 66.2 Å². The first-order valence-electron chi connectivity index (χ1n) is 9.37. The van der Waals surface area contributed by atoms with Crippen LogP contribution in [0.4, 0.5) is 0 Å². The lowest BCUT2D eigenvalue weighted by Gasteiger charge is -2.24. The summed E-state index contributed by atoms with van der Waals surface area (Å²) in [6, 6.07) is 16.2. The molecule has 6 N–H and O–H groups in total. The van der Waals surface area contributed by atoms with Crippen molar-refractivity contribution in [3.8, 4) is 0 Å². The monoisotopic (exact) mass is 423 g/mol. The number of nitrogens with one attached hydrogen (secondary N) is 2. The minimum absolute atomic E-state index is 0.0177. The number of nitrogens with zero attached hydrogens (tertiary/aromatic N) is 1. The number of Topliss-reactive ketones (excluding diaryl/α,β-unsaturated/α-hetero) is 1. The number of carbonyl (C=O) groups excluding carboxylic acids is 2. The molecular weight excluding hydrogens is 402 g/mol. The van der Waals surface area contributed by atoms with Gasteiger partial charge in [0.05, 0.1) is 11.6 Å². The zero-order valence-corrected chi connectivity index (χ0v) is 16.9. The van der Waals surface area contributed by atoms with Crippen LogP contribution >= 0.6 is 11.6 Å². The molecule has 0 saturated heterocycles. The minimum atomic E-state index is -0.754. The molecule has 7 nitrogen and oxygen atoms in total. The summed E-state index contributed by atoms with van der Waals surface area (Å²) < 4.78 is 0. The fourth-order valence-electron chi connectivity index (χ4n) is 3.25. The number of nitrogen functional groups attached to an aromatic ring is 1. The van der Waals surface area contributed by atoms with Gasteiger partial charge in [-0.25, -0.2) is 4.99 Å². The van der Waals surface area contributed by atoms with Crippen molar-refractivity contribution in [1.82, 2.24) is 5.32 Å². The first-order chi connectivity index (χ1) is 14.4. The largest absolute Gasteiger partial charge is 0.384 e. The van der Waals surface area contributed by atoms with Crippen molar-refractivity contribution in [3.05, 3.63) is 76.4 Å². The third-order valence-corrected chi connectivity index (χ3v) is 5.12. The Hall–Kier alpha value is -3.29. The number of nitrogens with two attached hydrogens (primary N) is 2. The van der Waals surface area contributed by atoms with Crippen LogP contribution in [0.2, 0.25) is 0 Å². The van der Waals surface area contributed by atoms with Crippen LogP contribution in [-0.2, 0) is 16.1 Å². The van der Waals surface area contributed by atoms with Gasteiger partial charge in [-0.15, -0.1) is 0 Å². The summed E-state index contributed by atoms with van der Waals surface area (Å²) >= 11 is 6.37. The van der Waals surface area contributed by atoms with Gasteiger partial charge in [-0.05, 0) is 11.1 Å². The Morgan fingerprint density at radius 2 is 1.80 bits per heavy atom. The Morgan fingerprint density at radius 3 is 2.40 bits per heavy atom. The molecule has 1 atom stereocenters. The van der Waals surface area contributed by atoms with Gasteiger partial charge in [0.15, 0.2) is 5.78 Å². The molecule has 0 bridgehead atoms. The minimum Gasteiger partial charge on any atom is -0.384 e. The molecule has 0 aromatic heterocycles. The lowest BCUT2D eigenvalue weighted by molar-refractivity contribution is -0.125. The first-order valence-corrected chi connectivity index (χ1v) is 9.75. The van der Waals surface area contributed by atoms with Crippen molar-refractivity contribution in [1.29, 1.82) is 5.41 Å². The molecule has 154 valence electrons. The van der Waals surface area contributed by atoms with E-state index in [9.17, 15) is 9.59 Å². The summed E-state index contributed by atoms with van der Waals surface area (Å²) in [5.74, 6) is -1.35. The second-order valence-corrected chi connectivity index (χ2v) is 7.20. The van der Waals surface area contributed by atoms with Gasteiger partial charge < -0.3 is 16.8 Å². The SMILES string of the molecule is N=C(N)c1ccc(CNC(=O)CC2C(=O)C(CN)=NC(Cl)=C2c2ccccc2)cc1. The lowest BCUT2D eigenvalue weighted by Crippen LogP contribution is -2.36. The molecule has 30 heavy (non-hydrogen) atoms. The molecule has 0 aliphatic carbocycles. The van der Waals surface area contributed by atoms with Gasteiger partial charge in [-0.2, -0.15) is 0 Å². The van der Waals surface area contributed by atoms with Crippen molar-refractivity contribution in [2.75, 3.05) is 6.54 Å². The molecule has 2 aromatic carbocycles. The Kier molecular flexibility index (Phi) is 6.76. The highest BCUT2D eigenvalue weighted by molar-refractivity contribution is 6.48. The molecule has 0 fully saturated rings. The van der Waals surface area contributed by atoms with Crippen LogP contribution in [0.3, 0.4) is 0 Å². The number of ketones is 1. The van der Waals surface area contributed by atoms with Gasteiger partial charge in [0, 0.05) is 30.6 Å². The van der Waals surface area contributed by atoms with Crippen molar-refractivity contribution in [3.63, 3.8) is 0 Å². The summed E-state index contributed by atoms with van der Waals surface area (Å²) in [7, 11) is 0. The van der Waals surface area contributed by atoms with Gasteiger partial charge in [0.25, 0.3) is 0 Å². The van der Waals surface area contributed by atoms with E-state index in [1.54, 1.807) is 24.3 Å². The standard InChI is InChI=1S/C22H22ClN5O2/c23-21-19(14-4-2-1-3-5-14)16(20(30)17(11-24)28-21)10-18(29)27-12-13-6-8-15(9-7-13)22(25)26/h1-9,16H,10-12,24H2,(H3,25,26)(H,27,29). The molecule has 8 heteroatoms. The number of hydrogen-bond acceptors (Lipinski definition) is 5. The molecule has 1 unspecified atom stereocenters. The maximum Gasteiger partial charge on any atom is 0.221 e. The molecule has 0 saturated carbocycles. The zero-order valence-electron chi connectivity index (χ0n) is 16.2. The number of amidine groups is 1. The molecule has 0 radical (unpaired) electrons. The Balaban J connectivity index is 1.75. The summed E-state index contributed by atoms with van der Waals surface area (Å²) in [6.45, 7) is 0.242. The molecule has 2 aromatic rings. The number of allylic oxidation sites excluding steroid dienone is 1. The Morgan fingerprint density at radius 1 is 1.13 bits per heavy atom. The fraction of sp³-hybridized carbons (Fsp3) is 0.182. The van der Waals surface area contributed by atoms with Crippen molar-refractivity contribution in [2.24, 2.45) is 22.4 Å². The van der Waals surface area contributed by atoms with Crippen LogP contribution in [0.15, 0.2) is 64.7 Å². The number of halogens is 1. The van der Waals surface area contributed by atoms with E-state index >= 15 is 0 Å². The van der Waals surface area contributed by atoms with E-state index in [1.165, 1.54) is 0 Å². The summed E-state index contributed by atoms with van der Waals surface area (Å²) in [4.78, 5) is 29.7. The summed E-state index contributed by atoms with van der Waals surface area (Å²) in [5.41, 5.74) is 14.0. The van der Waals surface area contributed by atoms with E-state index in [2.05, 4.69) is 10.3 Å². The number of benzene rings is 2. The molecule has 1 aliphatic heterocycles. The zero-order chi connectivity index (χ0) is 21.7. The molecule has 0 spiro atoms. The van der Waals surface area contributed by atoms with Crippen LogP contribution in [-0.4, -0.2) is 29.8 Å². The summed E-state index contributed by atoms with van der Waals surface area (Å²) in [5, 5.41) is 10.4. The molecule has 3 rings (SSSR count). The predicted molar refractivity (Wildman–Crippen MR) is 118 cm³/mol. The predicted octanol–water partition coefficient (Wildman–Crippen LogP) is 2.18. The first kappa shape index (κ1) is 21.4. The highest BCUT2D eigenvalue weighted by atomic mass is 35.5. The van der Waals surface area contributed by atoms with Crippen LogP contribution in [0.1, 0.15) is 23.1 Å². The van der Waals surface area contributed by atoms with Crippen molar-refractivity contribution in [2.45, 2.75) is 13.0 Å². The topological polar surface area (TPSA) is 134 Å². The van der Waals surface area contributed by atoms with E-state index in [-0.39, 0.29) is 47.9 Å². The van der Waals surface area contributed by atoms with Crippen molar-refractivity contribution < 1.29 is 9.59 Å². The molecular formula is C22H22ClN5O2. The third kappa shape index (κ3) is 4.82. The van der Waals surface area contributed by atoms with E-state index < -0.39 is 5.92 Å².